The number of likely N-dealkylation sites (tertiary alicyclic amines) is 1. The highest BCUT2D eigenvalue weighted by molar-refractivity contribution is 8.01. The average Bonchev–Trinajstić information content (AvgIpc) is 2.83. The molecular formula is C23H25N3O5S. The van der Waals surface area contributed by atoms with Crippen LogP contribution in [0.1, 0.15) is 12.8 Å². The molecule has 0 unspecified atom stereocenters. The number of carbonyl (C=O) groups excluding carboxylic acids is 3. The Morgan fingerprint density at radius 2 is 1.78 bits per heavy atom. The molecule has 2 N–H and O–H groups in total. The lowest BCUT2D eigenvalue weighted by molar-refractivity contribution is -0.136. The van der Waals surface area contributed by atoms with Crippen LogP contribution >= 0.6 is 11.8 Å². The summed E-state index contributed by atoms with van der Waals surface area (Å²) in [6.45, 7) is 0.879. The highest BCUT2D eigenvalue weighted by Gasteiger charge is 2.37. The van der Waals surface area contributed by atoms with Gasteiger partial charge < -0.3 is 25.0 Å². The third kappa shape index (κ3) is 4.52. The zero-order valence-electron chi connectivity index (χ0n) is 17.9. The number of hydrogen-bond acceptors (Lipinski definition) is 6. The van der Waals surface area contributed by atoms with Crippen LogP contribution in [-0.4, -0.2) is 55.2 Å². The average molecular weight is 456 g/mol. The third-order valence-corrected chi connectivity index (χ3v) is 6.94. The van der Waals surface area contributed by atoms with Gasteiger partial charge in [-0.15, -0.1) is 11.8 Å². The molecule has 0 aromatic heterocycles. The molecule has 2 heterocycles. The SMILES string of the molecule is COc1ccc(NC(=O)C2CCN(C(=O)[C@H]3Sc4ccccc4NC3=O)CC2)cc1OC. The predicted molar refractivity (Wildman–Crippen MR) is 122 cm³/mol. The Kier molecular flexibility index (Phi) is 6.55. The number of carbonyl (C=O) groups is 3. The molecule has 4 rings (SSSR count). The number of para-hydroxylation sites is 1. The summed E-state index contributed by atoms with van der Waals surface area (Å²) in [7, 11) is 3.10. The lowest BCUT2D eigenvalue weighted by atomic mass is 9.95. The van der Waals surface area contributed by atoms with Crippen molar-refractivity contribution in [1.29, 1.82) is 0 Å². The van der Waals surface area contributed by atoms with Crippen molar-refractivity contribution in [2.45, 2.75) is 23.0 Å². The van der Waals surface area contributed by atoms with Crippen molar-refractivity contribution in [2.75, 3.05) is 37.9 Å². The van der Waals surface area contributed by atoms with E-state index in [0.717, 1.165) is 10.6 Å². The third-order valence-electron chi connectivity index (χ3n) is 5.68. The second-order valence-electron chi connectivity index (χ2n) is 7.64. The van der Waals surface area contributed by atoms with Crippen LogP contribution in [0.2, 0.25) is 0 Å². The number of hydrogen-bond donors (Lipinski definition) is 2. The molecule has 1 atom stereocenters. The minimum absolute atomic E-state index is 0.0944. The fraction of sp³-hybridized carbons (Fsp3) is 0.348. The van der Waals surface area contributed by atoms with Crippen molar-refractivity contribution in [1.82, 2.24) is 4.90 Å². The molecule has 0 aliphatic carbocycles. The summed E-state index contributed by atoms with van der Waals surface area (Å²) in [6.07, 6.45) is 1.08. The second kappa shape index (κ2) is 9.52. The van der Waals surface area contributed by atoms with Gasteiger partial charge in [-0.3, -0.25) is 14.4 Å². The summed E-state index contributed by atoms with van der Waals surface area (Å²) in [6, 6.07) is 12.7. The molecule has 0 radical (unpaired) electrons. The van der Waals surface area contributed by atoms with Gasteiger partial charge in [0.05, 0.1) is 19.9 Å². The number of rotatable bonds is 5. The fourth-order valence-corrected chi connectivity index (χ4v) is 4.97. The van der Waals surface area contributed by atoms with Gasteiger partial charge in [0.15, 0.2) is 16.7 Å². The Hall–Kier alpha value is -3.20. The number of benzene rings is 2. The van der Waals surface area contributed by atoms with E-state index in [4.69, 9.17) is 9.47 Å². The quantitative estimate of drug-likeness (QED) is 0.673. The van der Waals surface area contributed by atoms with Gasteiger partial charge >= 0.3 is 0 Å². The van der Waals surface area contributed by atoms with E-state index in [0.29, 0.717) is 43.1 Å². The van der Waals surface area contributed by atoms with Crippen LogP contribution in [0.3, 0.4) is 0 Å². The number of methoxy groups -OCH3 is 2. The zero-order chi connectivity index (χ0) is 22.7. The minimum Gasteiger partial charge on any atom is -0.493 e. The van der Waals surface area contributed by atoms with E-state index in [9.17, 15) is 14.4 Å². The number of fused-ring (bicyclic) bond motifs is 1. The van der Waals surface area contributed by atoms with Gasteiger partial charge in [-0.05, 0) is 37.1 Å². The van der Waals surface area contributed by atoms with Crippen LogP contribution in [0, 0.1) is 5.92 Å². The van der Waals surface area contributed by atoms with E-state index >= 15 is 0 Å². The molecular weight excluding hydrogens is 430 g/mol. The Morgan fingerprint density at radius 3 is 2.50 bits per heavy atom. The van der Waals surface area contributed by atoms with Crippen LogP contribution in [0.5, 0.6) is 11.5 Å². The molecule has 2 aromatic carbocycles. The Morgan fingerprint density at radius 1 is 1.06 bits per heavy atom. The first-order valence-corrected chi connectivity index (χ1v) is 11.3. The topological polar surface area (TPSA) is 97.0 Å². The molecule has 2 aromatic rings. The molecule has 2 aliphatic rings. The molecule has 8 nitrogen and oxygen atoms in total. The molecule has 2 aliphatic heterocycles. The smallest absolute Gasteiger partial charge is 0.247 e. The molecule has 168 valence electrons. The Labute approximate surface area is 190 Å². The van der Waals surface area contributed by atoms with Crippen molar-refractivity contribution >= 4 is 40.9 Å². The molecule has 9 heteroatoms. The Bertz CT molecular complexity index is 1040. The lowest BCUT2D eigenvalue weighted by Gasteiger charge is -2.34. The number of nitrogens with zero attached hydrogens (tertiary/aromatic N) is 1. The number of ether oxygens (including phenoxy) is 2. The standard InChI is InChI=1S/C23H25N3O5S/c1-30-17-8-7-15(13-18(17)31-2)24-21(27)14-9-11-26(12-10-14)23(29)20-22(28)25-16-5-3-4-6-19(16)32-20/h3-8,13-14,20H,9-12H2,1-2H3,(H,24,27)(H,25,28)/t20-/m0/s1. The van der Waals surface area contributed by atoms with Gasteiger partial charge in [0, 0.05) is 35.7 Å². The van der Waals surface area contributed by atoms with E-state index in [1.54, 1.807) is 37.3 Å². The van der Waals surface area contributed by atoms with Crippen LogP contribution < -0.4 is 20.1 Å². The molecule has 1 saturated heterocycles. The van der Waals surface area contributed by atoms with Crippen LogP contribution in [-0.2, 0) is 14.4 Å². The van der Waals surface area contributed by atoms with E-state index in [2.05, 4.69) is 10.6 Å². The molecule has 0 spiro atoms. The lowest BCUT2D eigenvalue weighted by Crippen LogP contribution is -2.48. The Balaban J connectivity index is 1.33. The minimum atomic E-state index is -0.804. The largest absolute Gasteiger partial charge is 0.493 e. The summed E-state index contributed by atoms with van der Waals surface area (Å²) in [4.78, 5) is 40.7. The summed E-state index contributed by atoms with van der Waals surface area (Å²) in [5.74, 6) is 0.316. The van der Waals surface area contributed by atoms with Crippen molar-refractivity contribution < 1.29 is 23.9 Å². The van der Waals surface area contributed by atoms with Gasteiger partial charge in [0.25, 0.3) is 0 Å². The monoisotopic (exact) mass is 455 g/mol. The van der Waals surface area contributed by atoms with Gasteiger partial charge in [-0.25, -0.2) is 0 Å². The van der Waals surface area contributed by atoms with E-state index in [1.807, 2.05) is 24.3 Å². The number of thioether (sulfide) groups is 1. The maximum atomic E-state index is 13.0. The summed E-state index contributed by atoms with van der Waals surface area (Å²) in [5, 5.41) is 4.92. The van der Waals surface area contributed by atoms with E-state index in [-0.39, 0.29) is 23.6 Å². The van der Waals surface area contributed by atoms with Crippen molar-refractivity contribution in [3.63, 3.8) is 0 Å². The molecule has 32 heavy (non-hydrogen) atoms. The van der Waals surface area contributed by atoms with Crippen molar-refractivity contribution in [3.05, 3.63) is 42.5 Å². The molecule has 0 bridgehead atoms. The van der Waals surface area contributed by atoms with Gasteiger partial charge in [0.1, 0.15) is 0 Å². The summed E-state index contributed by atoms with van der Waals surface area (Å²) >= 11 is 1.28. The van der Waals surface area contributed by atoms with Gasteiger partial charge in [-0.1, -0.05) is 12.1 Å². The summed E-state index contributed by atoms with van der Waals surface area (Å²) in [5.41, 5.74) is 1.36. The first-order chi connectivity index (χ1) is 15.5. The molecule has 0 saturated carbocycles. The predicted octanol–water partition coefficient (Wildman–Crippen LogP) is 2.99. The fourth-order valence-electron chi connectivity index (χ4n) is 3.90. The first kappa shape index (κ1) is 22.0. The number of piperidine rings is 1. The number of nitrogens with one attached hydrogen (secondary N) is 2. The van der Waals surface area contributed by atoms with E-state index in [1.165, 1.54) is 11.8 Å². The maximum Gasteiger partial charge on any atom is 0.247 e. The molecule has 3 amide bonds. The van der Waals surface area contributed by atoms with Gasteiger partial charge in [-0.2, -0.15) is 0 Å². The number of anilines is 2. The van der Waals surface area contributed by atoms with E-state index < -0.39 is 5.25 Å². The van der Waals surface area contributed by atoms with Crippen molar-refractivity contribution in [2.24, 2.45) is 5.92 Å². The van der Waals surface area contributed by atoms with Crippen LogP contribution in [0.15, 0.2) is 47.4 Å². The van der Waals surface area contributed by atoms with Gasteiger partial charge in [0.2, 0.25) is 17.7 Å². The maximum absolute atomic E-state index is 13.0. The molecule has 1 fully saturated rings. The highest BCUT2D eigenvalue weighted by atomic mass is 32.2. The van der Waals surface area contributed by atoms with Crippen LogP contribution in [0.25, 0.3) is 0 Å². The second-order valence-corrected chi connectivity index (χ2v) is 8.79. The number of amides is 3. The highest BCUT2D eigenvalue weighted by Crippen LogP contribution is 2.36. The first-order valence-electron chi connectivity index (χ1n) is 10.4. The van der Waals surface area contributed by atoms with Crippen LogP contribution in [0.4, 0.5) is 11.4 Å². The summed E-state index contributed by atoms with van der Waals surface area (Å²) < 4.78 is 10.5. The zero-order valence-corrected chi connectivity index (χ0v) is 18.7. The normalized spacial score (nSPS) is 18.4. The van der Waals surface area contributed by atoms with Crippen molar-refractivity contribution in [3.8, 4) is 11.5 Å².